The van der Waals surface area contributed by atoms with E-state index in [4.69, 9.17) is 4.74 Å². The first-order chi connectivity index (χ1) is 9.16. The molecule has 1 aromatic rings. The van der Waals surface area contributed by atoms with Gasteiger partial charge in [0.15, 0.2) is 0 Å². The van der Waals surface area contributed by atoms with Gasteiger partial charge in [-0.15, -0.1) is 0 Å². The topological polar surface area (TPSA) is 32.7 Å². The average molecular weight is 328 g/mol. The van der Waals surface area contributed by atoms with E-state index in [0.29, 0.717) is 0 Å². The standard InChI is InChI=1S/C15H22BrNO2/c1-12-14(16)5-4-6-15(12)19-10-3-2-8-17-9-7-13(18)11-17/h4-6,13,18H,2-3,7-11H2,1H3. The smallest absolute Gasteiger partial charge is 0.123 e. The highest BCUT2D eigenvalue weighted by Gasteiger charge is 2.18. The molecule has 1 N–H and O–H groups in total. The van der Waals surface area contributed by atoms with Crippen LogP contribution >= 0.6 is 15.9 Å². The molecule has 1 heterocycles. The lowest BCUT2D eigenvalue weighted by molar-refractivity contribution is 0.175. The molecule has 1 aliphatic rings. The van der Waals surface area contributed by atoms with E-state index < -0.39 is 0 Å². The zero-order valence-corrected chi connectivity index (χ0v) is 13.0. The lowest BCUT2D eigenvalue weighted by Gasteiger charge is -2.15. The van der Waals surface area contributed by atoms with Crippen molar-refractivity contribution in [2.45, 2.75) is 32.3 Å². The maximum Gasteiger partial charge on any atom is 0.123 e. The first kappa shape index (κ1) is 14.8. The monoisotopic (exact) mass is 327 g/mol. The summed E-state index contributed by atoms with van der Waals surface area (Å²) in [5.74, 6) is 0.964. The van der Waals surface area contributed by atoms with Crippen molar-refractivity contribution < 1.29 is 9.84 Å². The number of unbranched alkanes of at least 4 members (excludes halogenated alkanes) is 1. The van der Waals surface area contributed by atoms with E-state index in [0.717, 1.165) is 61.3 Å². The molecule has 1 fully saturated rings. The molecule has 0 aliphatic carbocycles. The number of ether oxygens (including phenoxy) is 1. The zero-order valence-electron chi connectivity index (χ0n) is 11.4. The minimum absolute atomic E-state index is 0.111. The van der Waals surface area contributed by atoms with E-state index in [9.17, 15) is 5.11 Å². The van der Waals surface area contributed by atoms with Crippen LogP contribution < -0.4 is 4.74 Å². The van der Waals surface area contributed by atoms with Gasteiger partial charge in [-0.25, -0.2) is 0 Å². The van der Waals surface area contributed by atoms with Gasteiger partial charge >= 0.3 is 0 Å². The molecular weight excluding hydrogens is 306 g/mol. The van der Waals surface area contributed by atoms with E-state index in [1.165, 1.54) is 0 Å². The van der Waals surface area contributed by atoms with Gasteiger partial charge in [0.2, 0.25) is 0 Å². The second-order valence-electron chi connectivity index (χ2n) is 5.16. The molecule has 0 aromatic heterocycles. The van der Waals surface area contributed by atoms with E-state index in [2.05, 4.69) is 27.8 Å². The number of rotatable bonds is 6. The summed E-state index contributed by atoms with van der Waals surface area (Å²) in [5, 5.41) is 9.44. The fourth-order valence-electron chi connectivity index (χ4n) is 2.38. The summed E-state index contributed by atoms with van der Waals surface area (Å²) in [6.45, 7) is 5.76. The molecule has 0 saturated carbocycles. The molecule has 0 bridgehead atoms. The Morgan fingerprint density at radius 3 is 3.00 bits per heavy atom. The molecule has 0 spiro atoms. The van der Waals surface area contributed by atoms with Gasteiger partial charge in [-0.3, -0.25) is 0 Å². The van der Waals surface area contributed by atoms with Gasteiger partial charge in [0, 0.05) is 23.1 Å². The first-order valence-corrected chi connectivity index (χ1v) is 7.74. The number of β-amino-alcohol motifs (C(OH)–C–C–N with tert-alkyl or cyclic N) is 1. The lowest BCUT2D eigenvalue weighted by atomic mass is 10.2. The second-order valence-corrected chi connectivity index (χ2v) is 6.02. The Balaban J connectivity index is 1.63. The normalized spacial score (nSPS) is 19.8. The molecular formula is C15H22BrNO2. The largest absolute Gasteiger partial charge is 0.493 e. The van der Waals surface area contributed by atoms with Crippen molar-refractivity contribution in [3.63, 3.8) is 0 Å². The Bertz CT molecular complexity index is 411. The van der Waals surface area contributed by atoms with Crippen LogP contribution in [-0.2, 0) is 0 Å². The Morgan fingerprint density at radius 2 is 2.26 bits per heavy atom. The van der Waals surface area contributed by atoms with E-state index >= 15 is 0 Å². The van der Waals surface area contributed by atoms with Crippen molar-refractivity contribution in [3.05, 3.63) is 28.2 Å². The quantitative estimate of drug-likeness (QED) is 0.815. The fourth-order valence-corrected chi connectivity index (χ4v) is 2.73. The molecule has 1 saturated heterocycles. The van der Waals surface area contributed by atoms with Crippen molar-refractivity contribution >= 4 is 15.9 Å². The zero-order chi connectivity index (χ0) is 13.7. The summed E-state index contributed by atoms with van der Waals surface area (Å²) >= 11 is 3.51. The number of aliphatic hydroxyl groups excluding tert-OH is 1. The third kappa shape index (κ3) is 4.48. The van der Waals surface area contributed by atoms with Crippen molar-refractivity contribution in [3.8, 4) is 5.75 Å². The van der Waals surface area contributed by atoms with Crippen LogP contribution in [0.1, 0.15) is 24.8 Å². The Labute approximate surface area is 123 Å². The van der Waals surface area contributed by atoms with Gasteiger partial charge in [0.25, 0.3) is 0 Å². The third-order valence-corrected chi connectivity index (χ3v) is 4.45. The predicted molar refractivity (Wildman–Crippen MR) is 80.7 cm³/mol. The minimum atomic E-state index is -0.111. The summed E-state index contributed by atoms with van der Waals surface area (Å²) in [5.41, 5.74) is 1.16. The number of aliphatic hydroxyl groups is 1. The third-order valence-electron chi connectivity index (χ3n) is 3.59. The van der Waals surface area contributed by atoms with Crippen molar-refractivity contribution in [2.24, 2.45) is 0 Å². The molecule has 0 amide bonds. The molecule has 1 aromatic carbocycles. The fraction of sp³-hybridized carbons (Fsp3) is 0.600. The van der Waals surface area contributed by atoms with Gasteiger partial charge in [-0.05, 0) is 44.9 Å². The van der Waals surface area contributed by atoms with Crippen LogP contribution in [-0.4, -0.2) is 42.4 Å². The molecule has 1 unspecified atom stereocenters. The Hall–Kier alpha value is -0.580. The van der Waals surface area contributed by atoms with Crippen molar-refractivity contribution in [2.75, 3.05) is 26.2 Å². The Morgan fingerprint density at radius 1 is 1.42 bits per heavy atom. The first-order valence-electron chi connectivity index (χ1n) is 6.95. The second kappa shape index (κ2) is 7.27. The number of nitrogens with zero attached hydrogens (tertiary/aromatic N) is 1. The van der Waals surface area contributed by atoms with Crippen LogP contribution in [0.5, 0.6) is 5.75 Å². The van der Waals surface area contributed by atoms with Gasteiger partial charge in [-0.1, -0.05) is 22.0 Å². The minimum Gasteiger partial charge on any atom is -0.493 e. The maximum absolute atomic E-state index is 9.44. The number of likely N-dealkylation sites (tertiary alicyclic amines) is 1. The number of hydrogen-bond donors (Lipinski definition) is 1. The van der Waals surface area contributed by atoms with Gasteiger partial charge < -0.3 is 14.7 Å². The van der Waals surface area contributed by atoms with E-state index in [1.807, 2.05) is 18.2 Å². The van der Waals surface area contributed by atoms with Crippen LogP contribution in [0, 0.1) is 6.92 Å². The summed E-state index contributed by atoms with van der Waals surface area (Å²) in [7, 11) is 0. The molecule has 0 radical (unpaired) electrons. The van der Waals surface area contributed by atoms with Crippen LogP contribution in [0.15, 0.2) is 22.7 Å². The predicted octanol–water partition coefficient (Wildman–Crippen LogP) is 2.98. The average Bonchev–Trinajstić information content (AvgIpc) is 2.80. The van der Waals surface area contributed by atoms with Gasteiger partial charge in [0.05, 0.1) is 12.7 Å². The highest BCUT2D eigenvalue weighted by molar-refractivity contribution is 9.10. The van der Waals surface area contributed by atoms with E-state index in [1.54, 1.807) is 0 Å². The molecule has 1 atom stereocenters. The summed E-state index contributed by atoms with van der Waals surface area (Å²) in [6.07, 6.45) is 2.99. The van der Waals surface area contributed by atoms with Crippen molar-refractivity contribution in [1.82, 2.24) is 4.90 Å². The molecule has 4 heteroatoms. The Kier molecular flexibility index (Phi) is 5.67. The molecule has 3 nitrogen and oxygen atoms in total. The summed E-state index contributed by atoms with van der Waals surface area (Å²) in [6, 6.07) is 6.04. The summed E-state index contributed by atoms with van der Waals surface area (Å²) < 4.78 is 6.90. The SMILES string of the molecule is Cc1c(Br)cccc1OCCCCN1CCC(O)C1. The highest BCUT2D eigenvalue weighted by Crippen LogP contribution is 2.25. The highest BCUT2D eigenvalue weighted by atomic mass is 79.9. The molecule has 1 aliphatic heterocycles. The number of benzene rings is 1. The molecule has 19 heavy (non-hydrogen) atoms. The van der Waals surface area contributed by atoms with E-state index in [-0.39, 0.29) is 6.10 Å². The maximum atomic E-state index is 9.44. The van der Waals surface area contributed by atoms with Crippen LogP contribution in [0.25, 0.3) is 0 Å². The van der Waals surface area contributed by atoms with Crippen LogP contribution in [0.3, 0.4) is 0 Å². The van der Waals surface area contributed by atoms with Crippen LogP contribution in [0.2, 0.25) is 0 Å². The van der Waals surface area contributed by atoms with Crippen molar-refractivity contribution in [1.29, 1.82) is 0 Å². The lowest BCUT2D eigenvalue weighted by Crippen LogP contribution is -2.23. The molecule has 106 valence electrons. The number of halogens is 1. The number of hydrogen-bond acceptors (Lipinski definition) is 3. The van der Waals surface area contributed by atoms with Gasteiger partial charge in [-0.2, -0.15) is 0 Å². The molecule has 2 rings (SSSR count). The van der Waals surface area contributed by atoms with Gasteiger partial charge in [0.1, 0.15) is 5.75 Å². The summed E-state index contributed by atoms with van der Waals surface area (Å²) in [4.78, 5) is 2.33. The van der Waals surface area contributed by atoms with Crippen LogP contribution in [0.4, 0.5) is 0 Å².